The van der Waals surface area contributed by atoms with Crippen LogP contribution >= 0.6 is 23.2 Å². The zero-order valence-electron chi connectivity index (χ0n) is 10.7. The molecule has 104 valence electrons. The van der Waals surface area contributed by atoms with Crippen LogP contribution in [0.2, 0.25) is 10.0 Å². The molecule has 19 heavy (non-hydrogen) atoms. The molecule has 1 heterocycles. The molecule has 1 fully saturated rings. The SMILES string of the molecule is COC(=O)N1CCN(Cc2c(Cl)cccc2Cl)CC1. The van der Waals surface area contributed by atoms with E-state index in [0.29, 0.717) is 29.7 Å². The average molecular weight is 303 g/mol. The van der Waals surface area contributed by atoms with Gasteiger partial charge < -0.3 is 9.64 Å². The minimum atomic E-state index is -0.268. The Hall–Kier alpha value is -0.970. The molecule has 0 aliphatic carbocycles. The Balaban J connectivity index is 1.94. The highest BCUT2D eigenvalue weighted by molar-refractivity contribution is 6.35. The number of benzene rings is 1. The smallest absolute Gasteiger partial charge is 0.409 e. The third kappa shape index (κ3) is 3.53. The molecule has 1 aromatic rings. The van der Waals surface area contributed by atoms with Crippen LogP contribution < -0.4 is 0 Å². The first-order chi connectivity index (χ1) is 9.11. The molecular formula is C13H16Cl2N2O2. The topological polar surface area (TPSA) is 32.8 Å². The zero-order valence-corrected chi connectivity index (χ0v) is 12.2. The number of carbonyl (C=O) groups excluding carboxylic acids is 1. The van der Waals surface area contributed by atoms with E-state index in [0.717, 1.165) is 18.7 Å². The van der Waals surface area contributed by atoms with Crippen molar-refractivity contribution in [2.45, 2.75) is 6.54 Å². The second kappa shape index (κ2) is 6.46. The molecule has 1 aliphatic rings. The molecule has 0 bridgehead atoms. The van der Waals surface area contributed by atoms with Crippen molar-refractivity contribution in [3.8, 4) is 0 Å². The number of nitrogens with zero attached hydrogens (tertiary/aromatic N) is 2. The quantitative estimate of drug-likeness (QED) is 0.842. The Kier molecular flexibility index (Phi) is 4.91. The fraction of sp³-hybridized carbons (Fsp3) is 0.462. The predicted octanol–water partition coefficient (Wildman–Crippen LogP) is 2.88. The van der Waals surface area contributed by atoms with E-state index in [4.69, 9.17) is 27.9 Å². The summed E-state index contributed by atoms with van der Waals surface area (Å²) in [5, 5.41) is 1.37. The summed E-state index contributed by atoms with van der Waals surface area (Å²) < 4.78 is 4.71. The summed E-state index contributed by atoms with van der Waals surface area (Å²) in [5.41, 5.74) is 0.942. The van der Waals surface area contributed by atoms with Crippen molar-refractivity contribution in [3.63, 3.8) is 0 Å². The summed E-state index contributed by atoms with van der Waals surface area (Å²) in [6, 6.07) is 5.52. The van der Waals surface area contributed by atoms with Crippen molar-refractivity contribution in [1.82, 2.24) is 9.80 Å². The molecule has 0 unspecified atom stereocenters. The van der Waals surface area contributed by atoms with Crippen LogP contribution in [0, 0.1) is 0 Å². The first kappa shape index (κ1) is 14.4. The lowest BCUT2D eigenvalue weighted by atomic mass is 10.2. The Morgan fingerprint density at radius 3 is 2.32 bits per heavy atom. The van der Waals surface area contributed by atoms with Gasteiger partial charge in [-0.05, 0) is 12.1 Å². The summed E-state index contributed by atoms with van der Waals surface area (Å²) in [7, 11) is 1.40. The minimum absolute atomic E-state index is 0.268. The van der Waals surface area contributed by atoms with Gasteiger partial charge in [-0.3, -0.25) is 4.90 Å². The van der Waals surface area contributed by atoms with Gasteiger partial charge in [-0.25, -0.2) is 4.79 Å². The molecule has 1 amide bonds. The second-order valence-corrected chi connectivity index (χ2v) is 5.25. The molecule has 1 saturated heterocycles. The molecule has 0 saturated carbocycles. The van der Waals surface area contributed by atoms with Gasteiger partial charge in [-0.2, -0.15) is 0 Å². The number of ether oxygens (including phenoxy) is 1. The van der Waals surface area contributed by atoms with Gasteiger partial charge >= 0.3 is 6.09 Å². The van der Waals surface area contributed by atoms with E-state index >= 15 is 0 Å². The predicted molar refractivity (Wildman–Crippen MR) is 75.7 cm³/mol. The maximum Gasteiger partial charge on any atom is 0.409 e. The van der Waals surface area contributed by atoms with E-state index in [1.165, 1.54) is 7.11 Å². The van der Waals surface area contributed by atoms with Crippen LogP contribution in [0.3, 0.4) is 0 Å². The molecule has 0 N–H and O–H groups in total. The van der Waals surface area contributed by atoms with Crippen LogP contribution in [-0.2, 0) is 11.3 Å². The molecule has 2 rings (SSSR count). The Morgan fingerprint density at radius 2 is 1.79 bits per heavy atom. The van der Waals surface area contributed by atoms with Gasteiger partial charge in [0, 0.05) is 48.3 Å². The highest BCUT2D eigenvalue weighted by Gasteiger charge is 2.22. The molecule has 0 spiro atoms. The molecule has 0 aromatic heterocycles. The lowest BCUT2D eigenvalue weighted by Crippen LogP contribution is -2.48. The van der Waals surface area contributed by atoms with Crippen molar-refractivity contribution >= 4 is 29.3 Å². The van der Waals surface area contributed by atoms with Crippen molar-refractivity contribution in [1.29, 1.82) is 0 Å². The van der Waals surface area contributed by atoms with Gasteiger partial charge in [0.05, 0.1) is 7.11 Å². The van der Waals surface area contributed by atoms with E-state index in [-0.39, 0.29) is 6.09 Å². The number of carbonyl (C=O) groups is 1. The number of methoxy groups -OCH3 is 1. The van der Waals surface area contributed by atoms with Crippen LogP contribution in [0.5, 0.6) is 0 Å². The van der Waals surface area contributed by atoms with Gasteiger partial charge in [0.15, 0.2) is 0 Å². The zero-order chi connectivity index (χ0) is 13.8. The molecule has 0 atom stereocenters. The number of rotatable bonds is 2. The van der Waals surface area contributed by atoms with Gasteiger partial charge in [0.2, 0.25) is 0 Å². The number of amides is 1. The second-order valence-electron chi connectivity index (χ2n) is 4.43. The van der Waals surface area contributed by atoms with Crippen molar-refractivity contribution in [2.24, 2.45) is 0 Å². The van der Waals surface area contributed by atoms with Gasteiger partial charge in [-0.1, -0.05) is 29.3 Å². The van der Waals surface area contributed by atoms with Crippen LogP contribution in [-0.4, -0.2) is 49.2 Å². The molecule has 4 nitrogen and oxygen atoms in total. The summed E-state index contributed by atoms with van der Waals surface area (Å²) in [5.74, 6) is 0. The van der Waals surface area contributed by atoms with Gasteiger partial charge in [0.25, 0.3) is 0 Å². The number of piperazine rings is 1. The highest BCUT2D eigenvalue weighted by Crippen LogP contribution is 2.26. The van der Waals surface area contributed by atoms with Crippen LogP contribution in [0.25, 0.3) is 0 Å². The van der Waals surface area contributed by atoms with Crippen molar-refractivity contribution < 1.29 is 9.53 Å². The maximum absolute atomic E-state index is 11.4. The Bertz CT molecular complexity index is 440. The monoisotopic (exact) mass is 302 g/mol. The Morgan fingerprint density at radius 1 is 1.21 bits per heavy atom. The molecular weight excluding hydrogens is 287 g/mol. The van der Waals surface area contributed by atoms with Crippen LogP contribution in [0.15, 0.2) is 18.2 Å². The summed E-state index contributed by atoms with van der Waals surface area (Å²) in [6.45, 7) is 3.60. The molecule has 6 heteroatoms. The van der Waals surface area contributed by atoms with Crippen LogP contribution in [0.1, 0.15) is 5.56 Å². The van der Waals surface area contributed by atoms with E-state index < -0.39 is 0 Å². The van der Waals surface area contributed by atoms with E-state index in [2.05, 4.69) is 4.90 Å². The Labute approximate surface area is 122 Å². The van der Waals surface area contributed by atoms with Crippen molar-refractivity contribution in [3.05, 3.63) is 33.8 Å². The minimum Gasteiger partial charge on any atom is -0.453 e. The first-order valence-corrected chi connectivity index (χ1v) is 6.85. The standard InChI is InChI=1S/C13H16Cl2N2O2/c1-19-13(18)17-7-5-16(6-8-17)9-10-11(14)3-2-4-12(10)15/h2-4H,5-9H2,1H3. The van der Waals surface area contributed by atoms with E-state index in [9.17, 15) is 4.79 Å². The van der Waals surface area contributed by atoms with Gasteiger partial charge in [-0.15, -0.1) is 0 Å². The number of hydrogen-bond acceptors (Lipinski definition) is 3. The van der Waals surface area contributed by atoms with E-state index in [1.807, 2.05) is 18.2 Å². The van der Waals surface area contributed by atoms with E-state index in [1.54, 1.807) is 4.90 Å². The number of halogens is 2. The normalized spacial score (nSPS) is 16.5. The summed E-state index contributed by atoms with van der Waals surface area (Å²) in [6.07, 6.45) is -0.268. The molecule has 0 radical (unpaired) electrons. The average Bonchev–Trinajstić information content (AvgIpc) is 2.43. The lowest BCUT2D eigenvalue weighted by Gasteiger charge is -2.34. The fourth-order valence-electron chi connectivity index (χ4n) is 2.12. The molecule has 1 aromatic carbocycles. The third-order valence-corrected chi connectivity index (χ3v) is 3.96. The largest absolute Gasteiger partial charge is 0.453 e. The van der Waals surface area contributed by atoms with Crippen LogP contribution in [0.4, 0.5) is 4.79 Å². The maximum atomic E-state index is 11.4. The summed E-state index contributed by atoms with van der Waals surface area (Å²) >= 11 is 12.3. The lowest BCUT2D eigenvalue weighted by molar-refractivity contribution is 0.0889. The summed E-state index contributed by atoms with van der Waals surface area (Å²) in [4.78, 5) is 15.3. The third-order valence-electron chi connectivity index (χ3n) is 3.25. The highest BCUT2D eigenvalue weighted by atomic mass is 35.5. The fourth-order valence-corrected chi connectivity index (χ4v) is 2.64. The van der Waals surface area contributed by atoms with Gasteiger partial charge in [0.1, 0.15) is 0 Å². The number of hydrogen-bond donors (Lipinski definition) is 0. The molecule has 1 aliphatic heterocycles. The van der Waals surface area contributed by atoms with Crippen molar-refractivity contribution in [2.75, 3.05) is 33.3 Å². The first-order valence-electron chi connectivity index (χ1n) is 6.10.